The lowest BCUT2D eigenvalue weighted by atomic mass is 9.95. The van der Waals surface area contributed by atoms with Gasteiger partial charge in [0.15, 0.2) is 0 Å². The van der Waals surface area contributed by atoms with E-state index in [9.17, 15) is 19.2 Å². The van der Waals surface area contributed by atoms with Crippen LogP contribution in [0.5, 0.6) is 0 Å². The maximum atomic E-state index is 14.9. The van der Waals surface area contributed by atoms with E-state index in [-0.39, 0.29) is 24.3 Å². The zero-order chi connectivity index (χ0) is 25.8. The van der Waals surface area contributed by atoms with Crippen molar-refractivity contribution in [2.45, 2.75) is 63.8 Å². The molecule has 0 unspecified atom stereocenters. The summed E-state index contributed by atoms with van der Waals surface area (Å²) in [5.41, 5.74) is 0.275. The Morgan fingerprint density at radius 2 is 1.97 bits per heavy atom. The molecule has 36 heavy (non-hydrogen) atoms. The predicted octanol–water partition coefficient (Wildman–Crippen LogP) is 4.62. The molecule has 1 aliphatic heterocycles. The van der Waals surface area contributed by atoms with E-state index < -0.39 is 29.6 Å². The van der Waals surface area contributed by atoms with Crippen molar-refractivity contribution in [1.29, 1.82) is 10.5 Å². The molecule has 3 fully saturated rings. The molecule has 2 heterocycles. The number of nitriles is 2. The van der Waals surface area contributed by atoms with E-state index in [0.717, 1.165) is 17.7 Å². The Morgan fingerprint density at radius 3 is 2.61 bits per heavy atom. The Labute approximate surface area is 213 Å². The zero-order valence-corrected chi connectivity index (χ0v) is 21.1. The van der Waals surface area contributed by atoms with Crippen LogP contribution in [0.1, 0.15) is 44.1 Å². The molecule has 2 bridgehead atoms. The third-order valence-corrected chi connectivity index (χ3v) is 8.37. The molecule has 9 heteroatoms. The van der Waals surface area contributed by atoms with Gasteiger partial charge in [0, 0.05) is 17.3 Å². The minimum atomic E-state index is -0.945. The maximum Gasteiger partial charge on any atom is 0.411 e. The number of ether oxygens (including phenoxy) is 1. The number of carbonyl (C=O) groups excluding carboxylic acids is 2. The number of hydrogen-bond acceptors (Lipinski definition) is 6. The predicted molar refractivity (Wildman–Crippen MR) is 131 cm³/mol. The lowest BCUT2D eigenvalue weighted by molar-refractivity contribution is -0.128. The molecule has 1 aromatic carbocycles. The molecule has 0 radical (unpaired) electrons. The number of fused-ring (bicyclic) bond motifs is 5. The normalized spacial score (nSPS) is 26.5. The Hall–Kier alpha value is -3.43. The van der Waals surface area contributed by atoms with E-state index in [1.165, 1.54) is 17.4 Å². The fourth-order valence-electron chi connectivity index (χ4n) is 5.80. The van der Waals surface area contributed by atoms with E-state index in [2.05, 4.69) is 17.5 Å². The van der Waals surface area contributed by atoms with E-state index in [1.54, 1.807) is 49.9 Å². The number of thiophene rings is 1. The molecular formula is C27H27FN4O3S. The van der Waals surface area contributed by atoms with Crippen molar-refractivity contribution in [2.75, 3.05) is 0 Å². The first-order valence-electron chi connectivity index (χ1n) is 12.1. The first kappa shape index (κ1) is 24.3. The van der Waals surface area contributed by atoms with Gasteiger partial charge in [-0.1, -0.05) is 12.1 Å². The Bertz CT molecular complexity index is 1300. The van der Waals surface area contributed by atoms with Gasteiger partial charge in [0.25, 0.3) is 0 Å². The summed E-state index contributed by atoms with van der Waals surface area (Å²) in [6.45, 7) is 5.38. The molecule has 0 spiro atoms. The van der Waals surface area contributed by atoms with Gasteiger partial charge < -0.3 is 10.1 Å². The second kappa shape index (κ2) is 8.90. The highest BCUT2D eigenvalue weighted by Gasteiger charge is 2.67. The number of benzene rings is 1. The van der Waals surface area contributed by atoms with E-state index >= 15 is 0 Å². The number of halogens is 1. The summed E-state index contributed by atoms with van der Waals surface area (Å²) in [5, 5.41) is 21.5. The molecule has 3 aliphatic rings. The smallest absolute Gasteiger partial charge is 0.411 e. The summed E-state index contributed by atoms with van der Waals surface area (Å²) in [4.78, 5) is 29.2. The first-order valence-corrected chi connectivity index (χ1v) is 12.9. The molecule has 1 N–H and O–H groups in total. The number of amides is 2. The largest absolute Gasteiger partial charge is 0.444 e. The molecular weight excluding hydrogens is 479 g/mol. The van der Waals surface area contributed by atoms with Crippen LogP contribution in [0, 0.1) is 46.2 Å². The number of rotatable bonds is 5. The summed E-state index contributed by atoms with van der Waals surface area (Å²) < 4.78 is 20.5. The van der Waals surface area contributed by atoms with Crippen LogP contribution in [0.2, 0.25) is 0 Å². The molecule has 5 rings (SSSR count). The quantitative estimate of drug-likeness (QED) is 0.637. The van der Waals surface area contributed by atoms with Crippen LogP contribution in [0.25, 0.3) is 10.4 Å². The topological polar surface area (TPSA) is 106 Å². The summed E-state index contributed by atoms with van der Waals surface area (Å²) >= 11 is 1.28. The van der Waals surface area contributed by atoms with Crippen molar-refractivity contribution >= 4 is 23.3 Å². The van der Waals surface area contributed by atoms with Crippen LogP contribution < -0.4 is 5.32 Å². The number of hydrogen-bond donors (Lipinski definition) is 1. The van der Waals surface area contributed by atoms with Gasteiger partial charge in [-0.25, -0.2) is 9.18 Å². The van der Waals surface area contributed by atoms with Crippen molar-refractivity contribution in [1.82, 2.24) is 10.2 Å². The van der Waals surface area contributed by atoms with Gasteiger partial charge in [0.1, 0.15) is 34.4 Å². The summed E-state index contributed by atoms with van der Waals surface area (Å²) in [7, 11) is 0. The number of piperidine rings is 1. The fourth-order valence-corrected chi connectivity index (χ4v) is 6.60. The van der Waals surface area contributed by atoms with Gasteiger partial charge in [-0.3, -0.25) is 9.69 Å². The van der Waals surface area contributed by atoms with Crippen LogP contribution in [0.4, 0.5) is 9.18 Å². The average Bonchev–Trinajstić information content (AvgIpc) is 3.16. The molecule has 1 aromatic heterocycles. The monoisotopic (exact) mass is 506 g/mol. The third kappa shape index (κ3) is 4.44. The van der Waals surface area contributed by atoms with Crippen molar-refractivity contribution in [3.63, 3.8) is 0 Å². The van der Waals surface area contributed by atoms with E-state index in [1.807, 2.05) is 0 Å². The van der Waals surface area contributed by atoms with E-state index in [4.69, 9.17) is 10.00 Å². The van der Waals surface area contributed by atoms with Crippen molar-refractivity contribution in [2.24, 2.45) is 17.8 Å². The van der Waals surface area contributed by atoms with Crippen molar-refractivity contribution < 1.29 is 18.7 Å². The van der Waals surface area contributed by atoms with Crippen LogP contribution in [-0.2, 0) is 16.0 Å². The summed E-state index contributed by atoms with van der Waals surface area (Å²) in [6.07, 6.45) is 1.29. The maximum absolute atomic E-state index is 14.9. The van der Waals surface area contributed by atoms with Crippen molar-refractivity contribution in [3.05, 3.63) is 46.6 Å². The molecule has 1 saturated heterocycles. The SMILES string of the molecule is CC(C)(C)OC(=O)N1[C@H](C(=O)N[C@H](C#N)Cc2ccc(-c3ccc(C#N)s3)cc2F)[C@@H]2C[C@H]1[C@H]1C[C@@H]21. The van der Waals surface area contributed by atoms with Crippen LogP contribution in [-0.4, -0.2) is 40.6 Å². The Kier molecular flexibility index (Phi) is 6.00. The zero-order valence-electron chi connectivity index (χ0n) is 20.3. The Balaban J connectivity index is 1.29. The molecule has 2 aliphatic carbocycles. The number of carbonyl (C=O) groups is 2. The highest BCUT2D eigenvalue weighted by molar-refractivity contribution is 7.16. The van der Waals surface area contributed by atoms with Crippen LogP contribution in [0.3, 0.4) is 0 Å². The minimum Gasteiger partial charge on any atom is -0.444 e. The summed E-state index contributed by atoms with van der Waals surface area (Å²) in [6, 6.07) is 10.7. The second-order valence-corrected chi connectivity index (χ2v) is 11.9. The van der Waals surface area contributed by atoms with Gasteiger partial charge in [0.05, 0.1) is 6.07 Å². The van der Waals surface area contributed by atoms with Gasteiger partial charge >= 0.3 is 6.09 Å². The summed E-state index contributed by atoms with van der Waals surface area (Å²) in [5.74, 6) is 0.0641. The average molecular weight is 507 g/mol. The van der Waals surface area contributed by atoms with Gasteiger partial charge in [-0.2, -0.15) is 10.5 Å². The lowest BCUT2D eigenvalue weighted by Crippen LogP contribution is -2.56. The molecule has 2 aromatic rings. The van der Waals surface area contributed by atoms with Crippen LogP contribution >= 0.6 is 11.3 Å². The fraction of sp³-hybridized carbons (Fsp3) is 0.481. The first-order chi connectivity index (χ1) is 17.1. The molecule has 6 atom stereocenters. The highest BCUT2D eigenvalue weighted by Crippen LogP contribution is 2.63. The van der Waals surface area contributed by atoms with Crippen molar-refractivity contribution in [3.8, 4) is 22.6 Å². The highest BCUT2D eigenvalue weighted by atomic mass is 32.1. The molecule has 2 amide bonds. The van der Waals surface area contributed by atoms with Crippen LogP contribution in [0.15, 0.2) is 30.3 Å². The second-order valence-electron chi connectivity index (χ2n) is 10.8. The lowest BCUT2D eigenvalue weighted by Gasteiger charge is -2.35. The van der Waals surface area contributed by atoms with Gasteiger partial charge in [-0.15, -0.1) is 11.3 Å². The number of nitrogens with one attached hydrogen (secondary N) is 1. The molecule has 186 valence electrons. The third-order valence-electron chi connectivity index (χ3n) is 7.33. The number of likely N-dealkylation sites (tertiary alicyclic amines) is 1. The molecule has 2 saturated carbocycles. The molecule has 7 nitrogen and oxygen atoms in total. The minimum absolute atomic E-state index is 0.00153. The standard InChI is InChI=1S/C27H27FN4O3S/c1-27(2,3)35-26(34)32-22-11-20(18-10-19(18)22)24(32)25(33)31-16(12-29)8-14-4-5-15(9-21(14)28)23-7-6-17(13-30)36-23/h4-7,9,16,18-20,22,24H,8,10-11H2,1-3H3,(H,31,33)/t16-,18+,19-,20+,22-,24-/m0/s1. The van der Waals surface area contributed by atoms with Gasteiger partial charge in [0.2, 0.25) is 5.91 Å². The van der Waals surface area contributed by atoms with E-state index in [0.29, 0.717) is 27.8 Å². The number of nitrogens with zero attached hydrogens (tertiary/aromatic N) is 3. The Morgan fingerprint density at radius 1 is 1.19 bits per heavy atom. The van der Waals surface area contributed by atoms with Gasteiger partial charge in [-0.05, 0) is 80.7 Å².